The standard InChI is InChI=1S/C17H18F2O/c1-2-3-7-12-20-15-11-10-14(16(18)17(15)19)13-8-5-4-6-9-13/h4-6,8-11H,2-3,7,12H2,1H3. The molecule has 1 nitrogen and oxygen atoms in total. The third-order valence-corrected chi connectivity index (χ3v) is 3.14. The molecule has 106 valence electrons. The van der Waals surface area contributed by atoms with Gasteiger partial charge in [-0.15, -0.1) is 0 Å². The first-order valence-electron chi connectivity index (χ1n) is 6.90. The maximum absolute atomic E-state index is 14.1. The fraction of sp³-hybridized carbons (Fsp3) is 0.294. The van der Waals surface area contributed by atoms with Crippen LogP contribution in [0.5, 0.6) is 5.75 Å². The molecule has 0 atom stereocenters. The molecule has 0 N–H and O–H groups in total. The van der Waals surface area contributed by atoms with Gasteiger partial charge >= 0.3 is 0 Å². The summed E-state index contributed by atoms with van der Waals surface area (Å²) >= 11 is 0. The van der Waals surface area contributed by atoms with Crippen LogP contribution in [0.4, 0.5) is 8.78 Å². The average molecular weight is 276 g/mol. The van der Waals surface area contributed by atoms with Crippen molar-refractivity contribution in [2.45, 2.75) is 26.2 Å². The number of hydrogen-bond acceptors (Lipinski definition) is 1. The first-order chi connectivity index (χ1) is 9.74. The third kappa shape index (κ3) is 3.35. The summed E-state index contributed by atoms with van der Waals surface area (Å²) in [7, 11) is 0. The van der Waals surface area contributed by atoms with Crippen LogP contribution < -0.4 is 4.74 Å². The lowest BCUT2D eigenvalue weighted by molar-refractivity contribution is 0.286. The first-order valence-corrected chi connectivity index (χ1v) is 6.90. The fourth-order valence-electron chi connectivity index (χ4n) is 2.02. The van der Waals surface area contributed by atoms with Crippen LogP contribution in [0.15, 0.2) is 42.5 Å². The smallest absolute Gasteiger partial charge is 0.201 e. The summed E-state index contributed by atoms with van der Waals surface area (Å²) in [4.78, 5) is 0. The summed E-state index contributed by atoms with van der Waals surface area (Å²) in [6, 6.07) is 12.0. The molecule has 2 rings (SSSR count). The Balaban J connectivity index is 2.17. The van der Waals surface area contributed by atoms with E-state index < -0.39 is 11.6 Å². The Morgan fingerprint density at radius 3 is 2.35 bits per heavy atom. The Kier molecular flexibility index (Phi) is 5.10. The van der Waals surface area contributed by atoms with Gasteiger partial charge in [-0.3, -0.25) is 0 Å². The number of unbranched alkanes of at least 4 members (excludes halogenated alkanes) is 2. The summed E-state index contributed by atoms with van der Waals surface area (Å²) in [5.74, 6) is -1.79. The molecule has 2 aromatic carbocycles. The quantitative estimate of drug-likeness (QED) is 0.659. The lowest BCUT2D eigenvalue weighted by Gasteiger charge is -2.10. The minimum Gasteiger partial charge on any atom is -0.490 e. The molecule has 0 unspecified atom stereocenters. The highest BCUT2D eigenvalue weighted by atomic mass is 19.2. The highest BCUT2D eigenvalue weighted by Crippen LogP contribution is 2.29. The second kappa shape index (κ2) is 7.04. The number of halogens is 2. The highest BCUT2D eigenvalue weighted by molar-refractivity contribution is 5.65. The number of ether oxygens (including phenoxy) is 1. The molecule has 0 aliphatic carbocycles. The molecule has 0 heterocycles. The van der Waals surface area contributed by atoms with Crippen molar-refractivity contribution in [2.75, 3.05) is 6.61 Å². The predicted octanol–water partition coefficient (Wildman–Crippen LogP) is 5.20. The van der Waals surface area contributed by atoms with Gasteiger partial charge in [0, 0.05) is 5.56 Å². The molecule has 0 saturated carbocycles. The van der Waals surface area contributed by atoms with Crippen molar-refractivity contribution in [1.82, 2.24) is 0 Å². The van der Waals surface area contributed by atoms with E-state index in [2.05, 4.69) is 6.92 Å². The van der Waals surface area contributed by atoms with E-state index in [4.69, 9.17) is 4.74 Å². The minimum absolute atomic E-state index is 0.0155. The van der Waals surface area contributed by atoms with Crippen molar-refractivity contribution >= 4 is 0 Å². The van der Waals surface area contributed by atoms with Crippen molar-refractivity contribution in [2.24, 2.45) is 0 Å². The maximum Gasteiger partial charge on any atom is 0.201 e. The summed E-state index contributed by atoms with van der Waals surface area (Å²) in [5.41, 5.74) is 0.908. The number of benzene rings is 2. The van der Waals surface area contributed by atoms with Gasteiger partial charge in [-0.2, -0.15) is 4.39 Å². The SMILES string of the molecule is CCCCCOc1ccc(-c2ccccc2)c(F)c1F. The lowest BCUT2D eigenvalue weighted by atomic mass is 10.0. The molecule has 0 radical (unpaired) electrons. The zero-order valence-electron chi connectivity index (χ0n) is 11.5. The molecule has 20 heavy (non-hydrogen) atoms. The second-order valence-electron chi connectivity index (χ2n) is 4.66. The topological polar surface area (TPSA) is 9.23 Å². The monoisotopic (exact) mass is 276 g/mol. The third-order valence-electron chi connectivity index (χ3n) is 3.14. The lowest BCUT2D eigenvalue weighted by Crippen LogP contribution is -2.01. The van der Waals surface area contributed by atoms with Crippen LogP contribution in [-0.2, 0) is 0 Å². The Labute approximate surface area is 118 Å². The summed E-state index contributed by atoms with van der Waals surface area (Å²) in [6.45, 7) is 2.49. The molecule has 2 aromatic rings. The molecule has 0 saturated heterocycles. The van der Waals surface area contributed by atoms with Crippen molar-refractivity contribution in [3.8, 4) is 16.9 Å². The summed E-state index contributed by atoms with van der Waals surface area (Å²) in [5, 5.41) is 0. The van der Waals surface area contributed by atoms with Crippen LogP contribution in [0, 0.1) is 11.6 Å². The highest BCUT2D eigenvalue weighted by Gasteiger charge is 2.15. The largest absolute Gasteiger partial charge is 0.490 e. The second-order valence-corrected chi connectivity index (χ2v) is 4.66. The molecule has 0 fully saturated rings. The van der Waals surface area contributed by atoms with Crippen molar-refractivity contribution in [3.63, 3.8) is 0 Å². The van der Waals surface area contributed by atoms with Crippen LogP contribution >= 0.6 is 0 Å². The molecule has 0 bridgehead atoms. The van der Waals surface area contributed by atoms with Gasteiger partial charge in [0.05, 0.1) is 6.61 Å². The van der Waals surface area contributed by atoms with Crippen molar-refractivity contribution < 1.29 is 13.5 Å². The van der Waals surface area contributed by atoms with Gasteiger partial charge in [0.1, 0.15) is 0 Å². The minimum atomic E-state index is -0.914. The Morgan fingerprint density at radius 2 is 1.65 bits per heavy atom. The number of rotatable bonds is 6. The average Bonchev–Trinajstić information content (AvgIpc) is 2.49. The zero-order valence-corrected chi connectivity index (χ0v) is 11.5. The molecule has 0 aliphatic heterocycles. The number of hydrogen-bond donors (Lipinski definition) is 0. The van der Waals surface area contributed by atoms with Gasteiger partial charge in [-0.05, 0) is 24.1 Å². The van der Waals surface area contributed by atoms with E-state index in [-0.39, 0.29) is 11.3 Å². The Bertz CT molecular complexity index is 552. The van der Waals surface area contributed by atoms with Crippen LogP contribution in [0.3, 0.4) is 0 Å². The van der Waals surface area contributed by atoms with E-state index in [9.17, 15) is 8.78 Å². The predicted molar refractivity (Wildman–Crippen MR) is 76.8 cm³/mol. The van der Waals surface area contributed by atoms with E-state index in [0.29, 0.717) is 12.2 Å². The van der Waals surface area contributed by atoms with Crippen LogP contribution in [0.25, 0.3) is 11.1 Å². The van der Waals surface area contributed by atoms with Gasteiger partial charge in [0.2, 0.25) is 5.82 Å². The first kappa shape index (κ1) is 14.5. The van der Waals surface area contributed by atoms with Crippen LogP contribution in [-0.4, -0.2) is 6.61 Å². The van der Waals surface area contributed by atoms with Gasteiger partial charge in [-0.25, -0.2) is 4.39 Å². The van der Waals surface area contributed by atoms with Crippen LogP contribution in [0.2, 0.25) is 0 Å². The van der Waals surface area contributed by atoms with Crippen LogP contribution in [0.1, 0.15) is 26.2 Å². The molecule has 0 aromatic heterocycles. The van der Waals surface area contributed by atoms with Crippen molar-refractivity contribution in [1.29, 1.82) is 0 Å². The van der Waals surface area contributed by atoms with E-state index in [1.165, 1.54) is 6.07 Å². The zero-order chi connectivity index (χ0) is 14.4. The van der Waals surface area contributed by atoms with E-state index in [1.54, 1.807) is 30.3 Å². The van der Waals surface area contributed by atoms with Gasteiger partial charge in [0.15, 0.2) is 11.6 Å². The molecular formula is C17H18F2O. The van der Waals surface area contributed by atoms with Gasteiger partial charge in [-0.1, -0.05) is 50.1 Å². The van der Waals surface area contributed by atoms with Gasteiger partial charge in [0.25, 0.3) is 0 Å². The van der Waals surface area contributed by atoms with E-state index in [1.807, 2.05) is 6.07 Å². The Morgan fingerprint density at radius 1 is 0.900 bits per heavy atom. The summed E-state index contributed by atoms with van der Waals surface area (Å²) in [6.07, 6.45) is 2.93. The molecule has 0 aliphatic rings. The molecular weight excluding hydrogens is 258 g/mol. The fourth-order valence-corrected chi connectivity index (χ4v) is 2.02. The summed E-state index contributed by atoms with van der Waals surface area (Å²) < 4.78 is 33.3. The van der Waals surface area contributed by atoms with Crippen molar-refractivity contribution in [3.05, 3.63) is 54.1 Å². The van der Waals surface area contributed by atoms with Gasteiger partial charge < -0.3 is 4.74 Å². The maximum atomic E-state index is 14.1. The normalized spacial score (nSPS) is 10.6. The molecule has 0 amide bonds. The molecule has 3 heteroatoms. The van der Waals surface area contributed by atoms with E-state index >= 15 is 0 Å². The molecule has 0 spiro atoms. The Hall–Kier alpha value is -1.90. The van der Waals surface area contributed by atoms with E-state index in [0.717, 1.165) is 19.3 Å².